The van der Waals surface area contributed by atoms with Crippen LogP contribution in [0.2, 0.25) is 0 Å². The Morgan fingerprint density at radius 3 is 2.30 bits per heavy atom. The average molecular weight is 273 g/mol. The van der Waals surface area contributed by atoms with Gasteiger partial charge in [-0.3, -0.25) is 0 Å². The minimum Gasteiger partial charge on any atom is -0.198 e. The highest BCUT2D eigenvalue weighted by molar-refractivity contribution is 4.98. The van der Waals surface area contributed by atoms with Crippen LogP contribution in [-0.2, 0) is 0 Å². The second-order valence-corrected chi connectivity index (χ2v) is 7.89. The van der Waals surface area contributed by atoms with Gasteiger partial charge in [0.05, 0.1) is 6.07 Å². The number of nitrogens with zero attached hydrogens (tertiary/aromatic N) is 1. The summed E-state index contributed by atoms with van der Waals surface area (Å²) in [4.78, 5) is 0. The summed E-state index contributed by atoms with van der Waals surface area (Å²) in [6.07, 6.45) is 15.6. The van der Waals surface area contributed by atoms with Crippen LogP contribution >= 0.6 is 0 Å². The summed E-state index contributed by atoms with van der Waals surface area (Å²) < 4.78 is 0. The first-order valence-corrected chi connectivity index (χ1v) is 9.21. The molecule has 0 aromatic rings. The van der Waals surface area contributed by atoms with Crippen LogP contribution in [0, 0.1) is 46.8 Å². The van der Waals surface area contributed by atoms with Gasteiger partial charge in [0.1, 0.15) is 0 Å². The van der Waals surface area contributed by atoms with Gasteiger partial charge in [-0.1, -0.05) is 32.6 Å². The average Bonchev–Trinajstić information content (AvgIpc) is 2.51. The Hall–Kier alpha value is -0.510. The lowest BCUT2D eigenvalue weighted by molar-refractivity contribution is 0.00284. The second kappa shape index (κ2) is 6.50. The molecule has 0 radical (unpaired) electrons. The molecule has 4 unspecified atom stereocenters. The van der Waals surface area contributed by atoms with Crippen LogP contribution in [0.3, 0.4) is 0 Å². The minimum absolute atomic E-state index is 0.383. The third kappa shape index (κ3) is 2.90. The van der Waals surface area contributed by atoms with Crippen LogP contribution in [0.1, 0.15) is 77.6 Å². The highest BCUT2D eigenvalue weighted by atomic mass is 14.5. The molecule has 112 valence electrons. The van der Waals surface area contributed by atoms with Crippen molar-refractivity contribution in [2.75, 3.05) is 0 Å². The zero-order valence-corrected chi connectivity index (χ0v) is 13.2. The molecule has 3 fully saturated rings. The van der Waals surface area contributed by atoms with Crippen molar-refractivity contribution in [3.05, 3.63) is 0 Å². The molecule has 0 saturated heterocycles. The maximum absolute atomic E-state index is 9.18. The topological polar surface area (TPSA) is 23.8 Å². The third-order valence-electron chi connectivity index (χ3n) is 6.80. The molecule has 20 heavy (non-hydrogen) atoms. The minimum atomic E-state index is 0.383. The van der Waals surface area contributed by atoms with Crippen molar-refractivity contribution in [1.29, 1.82) is 5.26 Å². The molecule has 1 nitrogen and oxygen atoms in total. The van der Waals surface area contributed by atoms with E-state index < -0.39 is 0 Å². The number of nitriles is 1. The Balaban J connectivity index is 1.58. The molecule has 0 heterocycles. The second-order valence-electron chi connectivity index (χ2n) is 7.89. The molecular formula is C19H31N. The Bertz CT molecular complexity index is 355. The van der Waals surface area contributed by atoms with E-state index in [2.05, 4.69) is 13.0 Å². The molecule has 0 N–H and O–H groups in total. The molecule has 0 aromatic carbocycles. The summed E-state index contributed by atoms with van der Waals surface area (Å²) >= 11 is 0. The molecule has 0 aromatic heterocycles. The SMILES string of the molecule is CCCC[C@H]1CCC2C(CCC3C[C@@H](C#N)CCC32)C1. The number of hydrogen-bond acceptors (Lipinski definition) is 1. The molecule has 0 aliphatic heterocycles. The lowest BCUT2D eigenvalue weighted by Gasteiger charge is -2.50. The highest BCUT2D eigenvalue weighted by Crippen LogP contribution is 2.53. The van der Waals surface area contributed by atoms with E-state index in [9.17, 15) is 5.26 Å². The van der Waals surface area contributed by atoms with Crippen molar-refractivity contribution < 1.29 is 0 Å². The largest absolute Gasteiger partial charge is 0.198 e. The monoisotopic (exact) mass is 273 g/mol. The fourth-order valence-corrected chi connectivity index (χ4v) is 5.76. The van der Waals surface area contributed by atoms with Crippen molar-refractivity contribution in [3.8, 4) is 6.07 Å². The van der Waals surface area contributed by atoms with Gasteiger partial charge in [-0.15, -0.1) is 0 Å². The molecule has 3 aliphatic carbocycles. The van der Waals surface area contributed by atoms with Crippen molar-refractivity contribution in [1.82, 2.24) is 0 Å². The molecule has 1 heteroatoms. The predicted molar refractivity (Wildman–Crippen MR) is 83.0 cm³/mol. The lowest BCUT2D eigenvalue weighted by Crippen LogP contribution is -2.41. The van der Waals surface area contributed by atoms with Crippen LogP contribution in [0.25, 0.3) is 0 Å². The van der Waals surface area contributed by atoms with Crippen molar-refractivity contribution in [3.63, 3.8) is 0 Å². The first-order chi connectivity index (χ1) is 9.81. The van der Waals surface area contributed by atoms with Gasteiger partial charge in [0, 0.05) is 5.92 Å². The van der Waals surface area contributed by atoms with E-state index in [0.717, 1.165) is 29.6 Å². The zero-order chi connectivity index (χ0) is 13.9. The van der Waals surface area contributed by atoms with E-state index in [4.69, 9.17) is 0 Å². The van der Waals surface area contributed by atoms with E-state index in [0.29, 0.717) is 5.92 Å². The molecular weight excluding hydrogens is 242 g/mol. The van der Waals surface area contributed by atoms with E-state index in [1.54, 1.807) is 0 Å². The zero-order valence-electron chi connectivity index (χ0n) is 13.2. The van der Waals surface area contributed by atoms with Gasteiger partial charge in [-0.25, -0.2) is 0 Å². The Morgan fingerprint density at radius 1 is 0.900 bits per heavy atom. The molecule has 3 saturated carbocycles. The molecule has 3 rings (SSSR count). The number of rotatable bonds is 3. The normalized spacial score (nSPS) is 44.2. The fourth-order valence-electron chi connectivity index (χ4n) is 5.76. The molecule has 3 aliphatic rings. The third-order valence-corrected chi connectivity index (χ3v) is 6.80. The summed E-state index contributed by atoms with van der Waals surface area (Å²) in [5.41, 5.74) is 0. The standard InChI is InChI=1S/C19H31N/c1-2-3-4-14-5-9-18-16(11-14)7-8-17-12-15(13-20)6-10-19(17)18/h14-19H,2-12H2,1H3/t14-,15-,16?,17?,18?,19?/m0/s1. The fraction of sp³-hybridized carbons (Fsp3) is 0.947. The van der Waals surface area contributed by atoms with Crippen molar-refractivity contribution in [2.24, 2.45) is 35.5 Å². The first kappa shape index (κ1) is 14.4. The maximum atomic E-state index is 9.18. The van der Waals surface area contributed by atoms with Gasteiger partial charge in [-0.05, 0) is 74.5 Å². The van der Waals surface area contributed by atoms with E-state index >= 15 is 0 Å². The van der Waals surface area contributed by atoms with Gasteiger partial charge in [-0.2, -0.15) is 5.26 Å². The molecule has 0 spiro atoms. The van der Waals surface area contributed by atoms with E-state index in [-0.39, 0.29) is 0 Å². The smallest absolute Gasteiger partial charge is 0.0655 e. The summed E-state index contributed by atoms with van der Waals surface area (Å²) in [5, 5.41) is 9.18. The molecule has 6 atom stereocenters. The Kier molecular flexibility index (Phi) is 4.69. The highest BCUT2D eigenvalue weighted by Gasteiger charge is 2.44. The predicted octanol–water partition coefficient (Wildman–Crippen LogP) is 5.56. The maximum Gasteiger partial charge on any atom is 0.0655 e. The summed E-state index contributed by atoms with van der Waals surface area (Å²) in [5.74, 6) is 5.40. The van der Waals surface area contributed by atoms with Crippen LogP contribution in [0.15, 0.2) is 0 Å². The summed E-state index contributed by atoms with van der Waals surface area (Å²) in [6.45, 7) is 2.32. The van der Waals surface area contributed by atoms with E-state index in [1.807, 2.05) is 0 Å². The molecule has 0 bridgehead atoms. The van der Waals surface area contributed by atoms with Gasteiger partial charge in [0.15, 0.2) is 0 Å². The Labute approximate surface area is 125 Å². The quantitative estimate of drug-likeness (QED) is 0.660. The van der Waals surface area contributed by atoms with Crippen LogP contribution < -0.4 is 0 Å². The van der Waals surface area contributed by atoms with Gasteiger partial charge < -0.3 is 0 Å². The molecule has 0 amide bonds. The van der Waals surface area contributed by atoms with Gasteiger partial charge in [0.2, 0.25) is 0 Å². The number of hydrogen-bond donors (Lipinski definition) is 0. The first-order valence-electron chi connectivity index (χ1n) is 9.21. The van der Waals surface area contributed by atoms with Crippen molar-refractivity contribution >= 4 is 0 Å². The van der Waals surface area contributed by atoms with E-state index in [1.165, 1.54) is 70.6 Å². The number of unbranched alkanes of at least 4 members (excludes halogenated alkanes) is 1. The summed E-state index contributed by atoms with van der Waals surface area (Å²) in [6, 6.07) is 2.54. The van der Waals surface area contributed by atoms with Crippen LogP contribution in [0.5, 0.6) is 0 Å². The van der Waals surface area contributed by atoms with Gasteiger partial charge >= 0.3 is 0 Å². The summed E-state index contributed by atoms with van der Waals surface area (Å²) in [7, 11) is 0. The lowest BCUT2D eigenvalue weighted by atomic mass is 9.55. The number of fused-ring (bicyclic) bond motifs is 3. The van der Waals surface area contributed by atoms with Gasteiger partial charge in [0.25, 0.3) is 0 Å². The van der Waals surface area contributed by atoms with Crippen molar-refractivity contribution in [2.45, 2.75) is 77.6 Å². The Morgan fingerprint density at radius 2 is 1.60 bits per heavy atom. The van der Waals surface area contributed by atoms with Crippen LogP contribution in [0.4, 0.5) is 0 Å². The van der Waals surface area contributed by atoms with Crippen LogP contribution in [-0.4, -0.2) is 0 Å².